The summed E-state index contributed by atoms with van der Waals surface area (Å²) < 4.78 is 8.04. The molecule has 6 nitrogen and oxygen atoms in total. The molecule has 146 valence electrons. The Labute approximate surface area is 171 Å². The first-order chi connectivity index (χ1) is 12.8. The summed E-state index contributed by atoms with van der Waals surface area (Å²) >= 11 is 4.87. The van der Waals surface area contributed by atoms with Crippen LogP contribution in [0, 0.1) is 5.92 Å². The molecule has 27 heavy (non-hydrogen) atoms. The van der Waals surface area contributed by atoms with Crippen LogP contribution < -0.4 is 5.32 Å². The number of carbonyl (C=O) groups excluding carboxylic acids is 2. The van der Waals surface area contributed by atoms with Crippen molar-refractivity contribution in [1.82, 2.24) is 9.78 Å². The van der Waals surface area contributed by atoms with E-state index >= 15 is 0 Å². The van der Waals surface area contributed by atoms with Gasteiger partial charge in [-0.05, 0) is 61.0 Å². The van der Waals surface area contributed by atoms with E-state index in [-0.39, 0.29) is 23.9 Å². The van der Waals surface area contributed by atoms with Crippen molar-refractivity contribution in [3.8, 4) is 0 Å². The number of anilines is 1. The predicted molar refractivity (Wildman–Crippen MR) is 109 cm³/mol. The molecule has 1 aliphatic carbocycles. The number of nitrogens with zero attached hydrogens (tertiary/aromatic N) is 2. The Bertz CT molecular complexity index is 843. The van der Waals surface area contributed by atoms with E-state index in [4.69, 9.17) is 4.74 Å². The highest BCUT2D eigenvalue weighted by atomic mass is 79.9. The largest absolute Gasteiger partial charge is 0.459 e. The molecule has 0 saturated heterocycles. The highest BCUT2D eigenvalue weighted by Crippen LogP contribution is 2.39. The first-order valence-corrected chi connectivity index (χ1v) is 10.8. The van der Waals surface area contributed by atoms with E-state index in [1.165, 1.54) is 16.2 Å². The molecule has 1 atom stereocenters. The lowest BCUT2D eigenvalue weighted by Gasteiger charge is -2.15. The van der Waals surface area contributed by atoms with Gasteiger partial charge >= 0.3 is 5.97 Å². The maximum atomic E-state index is 12.7. The standard InChI is InChI=1S/C19H24BrN3O3S/c1-11(2)26-19(25)16-14-6-4-5-7-15(14)27-18(16)22-17(24)12(3)9-23-10-13(20)8-21-23/h8,10-12H,4-7,9H2,1-3H3,(H,22,24). The van der Waals surface area contributed by atoms with E-state index in [1.807, 2.05) is 27.0 Å². The third kappa shape index (κ3) is 4.79. The third-order valence-corrected chi connectivity index (χ3v) is 6.08. The molecule has 0 aromatic carbocycles. The Balaban J connectivity index is 1.79. The molecule has 2 heterocycles. The van der Waals surface area contributed by atoms with Crippen LogP contribution in [0.2, 0.25) is 0 Å². The lowest BCUT2D eigenvalue weighted by Crippen LogP contribution is -2.25. The van der Waals surface area contributed by atoms with Crippen molar-refractivity contribution in [2.75, 3.05) is 5.32 Å². The van der Waals surface area contributed by atoms with Gasteiger partial charge in [0, 0.05) is 11.1 Å². The number of fused-ring (bicyclic) bond motifs is 1. The minimum atomic E-state index is -0.344. The number of amides is 1. The van der Waals surface area contributed by atoms with Gasteiger partial charge in [0.15, 0.2) is 0 Å². The summed E-state index contributed by atoms with van der Waals surface area (Å²) in [5.41, 5.74) is 1.60. The van der Waals surface area contributed by atoms with Gasteiger partial charge < -0.3 is 10.1 Å². The number of thiophene rings is 1. The second-order valence-electron chi connectivity index (χ2n) is 7.14. The molecule has 0 radical (unpaired) electrons. The molecule has 0 aliphatic heterocycles. The third-order valence-electron chi connectivity index (χ3n) is 4.47. The maximum Gasteiger partial charge on any atom is 0.341 e. The average Bonchev–Trinajstić information content (AvgIpc) is 3.16. The Hall–Kier alpha value is -1.67. The molecule has 1 N–H and O–H groups in total. The lowest BCUT2D eigenvalue weighted by molar-refractivity contribution is -0.119. The van der Waals surface area contributed by atoms with Crippen molar-refractivity contribution < 1.29 is 14.3 Å². The zero-order valence-electron chi connectivity index (χ0n) is 15.8. The second-order valence-corrected chi connectivity index (χ2v) is 9.16. The van der Waals surface area contributed by atoms with E-state index < -0.39 is 0 Å². The van der Waals surface area contributed by atoms with Crippen LogP contribution in [0.5, 0.6) is 0 Å². The van der Waals surface area contributed by atoms with Crippen LogP contribution in [0.1, 0.15) is 54.4 Å². The average molecular weight is 454 g/mol. The summed E-state index contributed by atoms with van der Waals surface area (Å²) in [6.45, 7) is 5.98. The molecule has 1 unspecified atom stereocenters. The first kappa shape index (κ1) is 20.1. The molecule has 2 aromatic heterocycles. The van der Waals surface area contributed by atoms with E-state index in [9.17, 15) is 9.59 Å². The van der Waals surface area contributed by atoms with Crippen LogP contribution in [0.4, 0.5) is 5.00 Å². The van der Waals surface area contributed by atoms with Gasteiger partial charge in [-0.3, -0.25) is 9.48 Å². The van der Waals surface area contributed by atoms with Gasteiger partial charge in [-0.25, -0.2) is 4.79 Å². The molecule has 0 bridgehead atoms. The summed E-state index contributed by atoms with van der Waals surface area (Å²) in [4.78, 5) is 26.6. The maximum absolute atomic E-state index is 12.7. The molecule has 0 spiro atoms. The lowest BCUT2D eigenvalue weighted by atomic mass is 9.95. The van der Waals surface area contributed by atoms with Crippen molar-refractivity contribution in [1.29, 1.82) is 0 Å². The highest BCUT2D eigenvalue weighted by molar-refractivity contribution is 9.10. The van der Waals surface area contributed by atoms with E-state index in [0.29, 0.717) is 17.1 Å². The summed E-state index contributed by atoms with van der Waals surface area (Å²) in [7, 11) is 0. The van der Waals surface area contributed by atoms with Gasteiger partial charge in [0.25, 0.3) is 0 Å². The molecule has 2 aromatic rings. The van der Waals surface area contributed by atoms with E-state index in [1.54, 1.807) is 10.9 Å². The molecular weight excluding hydrogens is 430 g/mol. The van der Waals surface area contributed by atoms with E-state index in [0.717, 1.165) is 35.7 Å². The summed E-state index contributed by atoms with van der Waals surface area (Å²) in [5.74, 6) is -0.757. The van der Waals surface area contributed by atoms with Gasteiger partial charge in [-0.15, -0.1) is 11.3 Å². The molecule has 0 saturated carbocycles. The Morgan fingerprint density at radius 2 is 2.07 bits per heavy atom. The number of ether oxygens (including phenoxy) is 1. The fourth-order valence-corrected chi connectivity index (χ4v) is 4.79. The number of esters is 1. The number of rotatable bonds is 6. The van der Waals surface area contributed by atoms with Gasteiger partial charge in [-0.1, -0.05) is 6.92 Å². The fourth-order valence-electron chi connectivity index (χ4n) is 3.18. The van der Waals surface area contributed by atoms with Crippen LogP contribution in [0.15, 0.2) is 16.9 Å². The predicted octanol–water partition coefficient (Wildman–Crippen LogP) is 4.43. The SMILES string of the molecule is CC(C)OC(=O)c1c(NC(=O)C(C)Cn2cc(Br)cn2)sc2c1CCCC2. The van der Waals surface area contributed by atoms with Gasteiger partial charge in [0.05, 0.1) is 34.8 Å². The molecule has 1 aliphatic rings. The molecule has 8 heteroatoms. The molecule has 0 fully saturated rings. The van der Waals surface area contributed by atoms with Crippen molar-refractivity contribution in [2.24, 2.45) is 5.92 Å². The molecule has 1 amide bonds. The van der Waals surface area contributed by atoms with Crippen molar-refractivity contribution in [3.05, 3.63) is 32.9 Å². The Morgan fingerprint density at radius 1 is 1.33 bits per heavy atom. The number of carbonyl (C=O) groups is 2. The van der Waals surface area contributed by atoms with E-state index in [2.05, 4.69) is 26.3 Å². The van der Waals surface area contributed by atoms with Crippen molar-refractivity contribution in [2.45, 2.75) is 59.1 Å². The van der Waals surface area contributed by atoms with Crippen molar-refractivity contribution in [3.63, 3.8) is 0 Å². The quantitative estimate of drug-likeness (QED) is 0.656. The topological polar surface area (TPSA) is 73.2 Å². The number of halogens is 1. The number of hydrogen-bond donors (Lipinski definition) is 1. The highest BCUT2D eigenvalue weighted by Gasteiger charge is 2.28. The molecule has 3 rings (SSSR count). The summed E-state index contributed by atoms with van der Waals surface area (Å²) in [6, 6.07) is 0. The van der Waals surface area contributed by atoms with Crippen LogP contribution in [-0.4, -0.2) is 27.8 Å². The fraction of sp³-hybridized carbons (Fsp3) is 0.526. The summed E-state index contributed by atoms with van der Waals surface area (Å²) in [6.07, 6.45) is 7.32. The Morgan fingerprint density at radius 3 is 2.74 bits per heavy atom. The van der Waals surface area contributed by atoms with Crippen molar-refractivity contribution >= 4 is 44.1 Å². The van der Waals surface area contributed by atoms with Gasteiger partial charge in [0.1, 0.15) is 5.00 Å². The van der Waals surface area contributed by atoms with Gasteiger partial charge in [0.2, 0.25) is 5.91 Å². The monoisotopic (exact) mass is 453 g/mol. The number of nitrogens with one attached hydrogen (secondary N) is 1. The molecular formula is C19H24BrN3O3S. The zero-order chi connectivity index (χ0) is 19.6. The minimum absolute atomic E-state index is 0.126. The van der Waals surface area contributed by atoms with Crippen LogP contribution in [-0.2, 0) is 28.9 Å². The Kier molecular flexibility index (Phi) is 6.37. The normalized spacial score (nSPS) is 14.7. The zero-order valence-corrected chi connectivity index (χ0v) is 18.2. The minimum Gasteiger partial charge on any atom is -0.459 e. The second kappa shape index (κ2) is 8.56. The van der Waals surface area contributed by atoms with Crippen LogP contribution in [0.25, 0.3) is 0 Å². The number of aryl methyl sites for hydroxylation is 1. The number of aromatic nitrogens is 2. The summed E-state index contributed by atoms with van der Waals surface area (Å²) in [5, 5.41) is 7.79. The first-order valence-electron chi connectivity index (χ1n) is 9.19. The van der Waals surface area contributed by atoms with Crippen LogP contribution >= 0.6 is 27.3 Å². The van der Waals surface area contributed by atoms with Gasteiger partial charge in [-0.2, -0.15) is 5.10 Å². The smallest absolute Gasteiger partial charge is 0.341 e. The van der Waals surface area contributed by atoms with Crippen LogP contribution in [0.3, 0.4) is 0 Å². The number of hydrogen-bond acceptors (Lipinski definition) is 5.